The van der Waals surface area contributed by atoms with Gasteiger partial charge < -0.3 is 10.4 Å². The van der Waals surface area contributed by atoms with Gasteiger partial charge in [0.2, 0.25) is 0 Å². The highest BCUT2D eigenvalue weighted by atomic mass is 19.4. The smallest absolute Gasteiger partial charge is 0.393 e. The number of carbonyl (C=O) groups is 1. The highest BCUT2D eigenvalue weighted by Gasteiger charge is 2.49. The number of hydrogen-bond acceptors (Lipinski definition) is 2. The van der Waals surface area contributed by atoms with Crippen LogP contribution in [0.1, 0.15) is 6.42 Å². The number of alkyl halides is 3. The van der Waals surface area contributed by atoms with Gasteiger partial charge in [0.25, 0.3) is 0 Å². The van der Waals surface area contributed by atoms with E-state index in [1.807, 2.05) is 0 Å². The van der Waals surface area contributed by atoms with Crippen molar-refractivity contribution in [2.24, 2.45) is 5.92 Å². The van der Waals surface area contributed by atoms with Crippen LogP contribution in [0.5, 0.6) is 0 Å². The second-order valence-corrected chi connectivity index (χ2v) is 2.71. The topological polar surface area (TPSA) is 49.3 Å². The number of nitrogens with one attached hydrogen (secondary N) is 1. The first-order valence-corrected chi connectivity index (χ1v) is 3.46. The second kappa shape index (κ2) is 2.93. The van der Waals surface area contributed by atoms with Crippen LogP contribution in [0.4, 0.5) is 13.2 Å². The minimum Gasteiger partial charge on any atom is -0.480 e. The molecule has 0 spiro atoms. The van der Waals surface area contributed by atoms with Gasteiger partial charge in [0, 0.05) is 0 Å². The molecule has 12 heavy (non-hydrogen) atoms. The van der Waals surface area contributed by atoms with E-state index in [0.29, 0.717) is 0 Å². The van der Waals surface area contributed by atoms with E-state index in [2.05, 4.69) is 5.32 Å². The molecule has 1 fully saturated rings. The Hall–Kier alpha value is -0.780. The van der Waals surface area contributed by atoms with Crippen LogP contribution in [0.3, 0.4) is 0 Å². The Bertz CT molecular complexity index is 192. The van der Waals surface area contributed by atoms with Crippen LogP contribution in [-0.2, 0) is 4.79 Å². The molecule has 3 nitrogen and oxygen atoms in total. The average molecular weight is 183 g/mol. The summed E-state index contributed by atoms with van der Waals surface area (Å²) in [5.41, 5.74) is 0. The van der Waals surface area contributed by atoms with E-state index in [9.17, 15) is 18.0 Å². The third-order valence-electron chi connectivity index (χ3n) is 1.91. The zero-order valence-electron chi connectivity index (χ0n) is 6.06. The van der Waals surface area contributed by atoms with Gasteiger partial charge in [-0.3, -0.25) is 4.79 Å². The molecule has 1 aliphatic rings. The summed E-state index contributed by atoms with van der Waals surface area (Å²) in [6.07, 6.45) is -4.56. The first kappa shape index (κ1) is 9.31. The third kappa shape index (κ3) is 1.69. The van der Waals surface area contributed by atoms with Gasteiger partial charge in [-0.2, -0.15) is 13.2 Å². The Morgan fingerprint density at radius 1 is 1.50 bits per heavy atom. The fourth-order valence-electron chi connectivity index (χ4n) is 1.32. The van der Waals surface area contributed by atoms with Crippen LogP contribution in [0.15, 0.2) is 0 Å². The molecule has 0 aromatic rings. The molecule has 1 aliphatic heterocycles. The lowest BCUT2D eigenvalue weighted by atomic mass is 10.0. The largest absolute Gasteiger partial charge is 0.480 e. The van der Waals surface area contributed by atoms with Crippen LogP contribution in [-0.4, -0.2) is 29.8 Å². The van der Waals surface area contributed by atoms with E-state index in [1.165, 1.54) is 0 Å². The van der Waals surface area contributed by atoms with Crippen molar-refractivity contribution in [2.45, 2.75) is 18.6 Å². The maximum Gasteiger partial charge on any atom is 0.393 e. The molecule has 2 unspecified atom stereocenters. The number of rotatable bonds is 1. The van der Waals surface area contributed by atoms with E-state index in [-0.39, 0.29) is 13.0 Å². The molecule has 6 heteroatoms. The van der Waals surface area contributed by atoms with Gasteiger partial charge in [-0.05, 0) is 13.0 Å². The summed E-state index contributed by atoms with van der Waals surface area (Å²) >= 11 is 0. The van der Waals surface area contributed by atoms with Crippen molar-refractivity contribution in [1.29, 1.82) is 0 Å². The van der Waals surface area contributed by atoms with Crippen LogP contribution in [0, 0.1) is 5.92 Å². The van der Waals surface area contributed by atoms with Crippen molar-refractivity contribution >= 4 is 5.97 Å². The SMILES string of the molecule is O=C(O)C1NCCC1C(F)(F)F. The van der Waals surface area contributed by atoms with Gasteiger partial charge in [0.1, 0.15) is 6.04 Å². The van der Waals surface area contributed by atoms with Crippen molar-refractivity contribution in [2.75, 3.05) is 6.54 Å². The lowest BCUT2D eigenvalue weighted by molar-refractivity contribution is -0.183. The van der Waals surface area contributed by atoms with Gasteiger partial charge >= 0.3 is 12.1 Å². The second-order valence-electron chi connectivity index (χ2n) is 2.71. The maximum absolute atomic E-state index is 12.1. The van der Waals surface area contributed by atoms with E-state index >= 15 is 0 Å². The summed E-state index contributed by atoms with van der Waals surface area (Å²) in [5, 5.41) is 10.7. The Balaban J connectivity index is 2.71. The predicted molar refractivity (Wildman–Crippen MR) is 33.6 cm³/mol. The van der Waals surface area contributed by atoms with Gasteiger partial charge in [-0.1, -0.05) is 0 Å². The van der Waals surface area contributed by atoms with Gasteiger partial charge in [0.15, 0.2) is 0 Å². The summed E-state index contributed by atoms with van der Waals surface area (Å²) in [5.74, 6) is -3.18. The summed E-state index contributed by atoms with van der Waals surface area (Å²) in [7, 11) is 0. The number of carboxylic acids is 1. The minimum atomic E-state index is -4.41. The molecule has 0 aromatic carbocycles. The molecule has 0 bridgehead atoms. The van der Waals surface area contributed by atoms with Gasteiger partial charge in [-0.25, -0.2) is 0 Å². The zero-order valence-corrected chi connectivity index (χ0v) is 6.06. The van der Waals surface area contributed by atoms with Crippen molar-refractivity contribution in [3.8, 4) is 0 Å². The van der Waals surface area contributed by atoms with Gasteiger partial charge in [0.05, 0.1) is 5.92 Å². The molecular formula is C6H8F3NO2. The highest BCUT2D eigenvalue weighted by Crippen LogP contribution is 2.34. The number of hydrogen-bond donors (Lipinski definition) is 2. The first-order valence-electron chi connectivity index (χ1n) is 3.46. The van der Waals surface area contributed by atoms with Crippen molar-refractivity contribution in [1.82, 2.24) is 5.32 Å². The maximum atomic E-state index is 12.1. The molecule has 0 saturated carbocycles. The molecule has 2 N–H and O–H groups in total. The van der Waals surface area contributed by atoms with Crippen LogP contribution >= 0.6 is 0 Å². The molecule has 0 amide bonds. The minimum absolute atomic E-state index is 0.112. The van der Waals surface area contributed by atoms with Crippen LogP contribution < -0.4 is 5.32 Å². The molecule has 1 saturated heterocycles. The fourth-order valence-corrected chi connectivity index (χ4v) is 1.32. The number of carboxylic acid groups (broad SMARTS) is 1. The molecule has 1 rings (SSSR count). The van der Waals surface area contributed by atoms with Crippen molar-refractivity contribution < 1.29 is 23.1 Å². The quantitative estimate of drug-likeness (QED) is 0.626. The number of halogens is 3. The van der Waals surface area contributed by atoms with E-state index < -0.39 is 24.1 Å². The van der Waals surface area contributed by atoms with E-state index in [0.717, 1.165) is 0 Å². The lowest BCUT2D eigenvalue weighted by Crippen LogP contribution is -2.41. The van der Waals surface area contributed by atoms with Crippen molar-refractivity contribution in [3.05, 3.63) is 0 Å². The molecule has 70 valence electrons. The summed E-state index contributed by atoms with van der Waals surface area (Å²) in [4.78, 5) is 10.3. The summed E-state index contributed by atoms with van der Waals surface area (Å²) in [6.45, 7) is 0.112. The Labute approximate surface area is 66.6 Å². The Morgan fingerprint density at radius 3 is 2.42 bits per heavy atom. The highest BCUT2D eigenvalue weighted by molar-refractivity contribution is 5.74. The Kier molecular flexibility index (Phi) is 2.27. The van der Waals surface area contributed by atoms with Crippen molar-refractivity contribution in [3.63, 3.8) is 0 Å². The summed E-state index contributed by atoms with van der Waals surface area (Å²) < 4.78 is 36.2. The first-order chi connectivity index (χ1) is 5.43. The zero-order chi connectivity index (χ0) is 9.35. The van der Waals surface area contributed by atoms with E-state index in [4.69, 9.17) is 5.11 Å². The fraction of sp³-hybridized carbons (Fsp3) is 0.833. The molecular weight excluding hydrogens is 175 g/mol. The Morgan fingerprint density at radius 2 is 2.08 bits per heavy atom. The van der Waals surface area contributed by atoms with Crippen LogP contribution in [0.2, 0.25) is 0 Å². The molecule has 1 heterocycles. The van der Waals surface area contributed by atoms with Gasteiger partial charge in [-0.15, -0.1) is 0 Å². The average Bonchev–Trinajstić information content (AvgIpc) is 2.30. The lowest BCUT2D eigenvalue weighted by Gasteiger charge is -2.18. The van der Waals surface area contributed by atoms with E-state index in [1.54, 1.807) is 0 Å². The number of aliphatic carboxylic acids is 1. The van der Waals surface area contributed by atoms with Crippen LogP contribution in [0.25, 0.3) is 0 Å². The molecule has 0 aromatic heterocycles. The molecule has 0 radical (unpaired) electrons. The monoisotopic (exact) mass is 183 g/mol. The molecule has 0 aliphatic carbocycles. The summed E-state index contributed by atoms with van der Waals surface area (Å²) in [6, 6.07) is -1.47. The normalized spacial score (nSPS) is 30.6. The standard InChI is InChI=1S/C6H8F3NO2/c7-6(8,9)3-1-2-10-4(3)5(11)12/h3-4,10H,1-2H2,(H,11,12). The predicted octanol–water partition coefficient (Wildman–Crippen LogP) is 0.611. The third-order valence-corrected chi connectivity index (χ3v) is 1.91. The molecule has 2 atom stereocenters.